The van der Waals surface area contributed by atoms with Crippen LogP contribution in [0.25, 0.3) is 0 Å². The summed E-state index contributed by atoms with van der Waals surface area (Å²) in [5.41, 5.74) is 0. The minimum Gasteiger partial charge on any atom is -0.342 e. The van der Waals surface area contributed by atoms with Gasteiger partial charge in [-0.1, -0.05) is 13.3 Å². The first-order valence-electron chi connectivity index (χ1n) is 4.38. The van der Waals surface area contributed by atoms with Crippen molar-refractivity contribution in [2.45, 2.75) is 38.0 Å². The van der Waals surface area contributed by atoms with Gasteiger partial charge in [-0.15, -0.1) is 4.89 Å². The summed E-state index contributed by atoms with van der Waals surface area (Å²) in [6.45, 7) is 1.70. The predicted molar refractivity (Wildman–Crippen MR) is 42.2 cm³/mol. The highest BCUT2D eigenvalue weighted by Gasteiger charge is 2.76. The zero-order valence-corrected chi connectivity index (χ0v) is 8.53. The van der Waals surface area contributed by atoms with Gasteiger partial charge in [-0.3, -0.25) is 0 Å². The molecule has 0 saturated heterocycles. The third-order valence-electron chi connectivity index (χ3n) is 1.50. The number of hydrogen-bond donors (Lipinski definition) is 0. The van der Waals surface area contributed by atoms with Gasteiger partial charge in [-0.05, 0) is 12.5 Å². The molecular formula is C8H9F7O2. The van der Waals surface area contributed by atoms with Gasteiger partial charge in [0.1, 0.15) is 6.26 Å². The minimum atomic E-state index is -6.29. The lowest BCUT2D eigenvalue weighted by molar-refractivity contribution is -0.508. The van der Waals surface area contributed by atoms with Crippen LogP contribution >= 0.6 is 0 Å². The van der Waals surface area contributed by atoms with Gasteiger partial charge in [0.05, 0.1) is 0 Å². The average Bonchev–Trinajstić information content (AvgIpc) is 2.13. The van der Waals surface area contributed by atoms with Crippen molar-refractivity contribution < 1.29 is 40.5 Å². The van der Waals surface area contributed by atoms with Crippen molar-refractivity contribution in [2.24, 2.45) is 0 Å². The zero-order valence-electron chi connectivity index (χ0n) is 8.53. The lowest BCUT2D eigenvalue weighted by atomic mass is 10.3. The highest BCUT2D eigenvalue weighted by Crippen LogP contribution is 2.47. The molecule has 9 heteroatoms. The van der Waals surface area contributed by atoms with Crippen molar-refractivity contribution in [1.29, 1.82) is 0 Å². The van der Waals surface area contributed by atoms with E-state index in [-0.39, 0.29) is 0 Å². The van der Waals surface area contributed by atoms with Crippen LogP contribution in [-0.4, -0.2) is 18.2 Å². The largest absolute Gasteiger partial charge is 0.462 e. The zero-order chi connectivity index (χ0) is 13.7. The molecule has 0 aromatic rings. The Morgan fingerprint density at radius 3 is 1.76 bits per heavy atom. The summed E-state index contributed by atoms with van der Waals surface area (Å²) in [6.07, 6.45) is -10.2. The molecule has 0 amide bonds. The molecule has 17 heavy (non-hydrogen) atoms. The van der Waals surface area contributed by atoms with E-state index in [2.05, 4.69) is 9.78 Å². The fourth-order valence-electron chi connectivity index (χ4n) is 0.623. The van der Waals surface area contributed by atoms with Crippen LogP contribution in [0, 0.1) is 0 Å². The summed E-state index contributed by atoms with van der Waals surface area (Å²) in [5, 5.41) is 0. The number of halogens is 7. The van der Waals surface area contributed by atoms with E-state index in [0.29, 0.717) is 19.1 Å². The molecule has 0 aliphatic rings. The Morgan fingerprint density at radius 2 is 1.41 bits per heavy atom. The molecule has 0 N–H and O–H groups in total. The van der Waals surface area contributed by atoms with Gasteiger partial charge in [-0.25, -0.2) is 0 Å². The fourth-order valence-corrected chi connectivity index (χ4v) is 0.623. The van der Waals surface area contributed by atoms with Crippen LogP contribution in [0.5, 0.6) is 0 Å². The lowest BCUT2D eigenvalue weighted by Gasteiger charge is -2.27. The number of alkyl halides is 7. The maximum absolute atomic E-state index is 12.7. The Morgan fingerprint density at radius 1 is 0.941 bits per heavy atom. The second kappa shape index (κ2) is 5.56. The van der Waals surface area contributed by atoms with Crippen molar-refractivity contribution in [3.63, 3.8) is 0 Å². The van der Waals surface area contributed by atoms with Crippen molar-refractivity contribution >= 4 is 0 Å². The van der Waals surface area contributed by atoms with E-state index >= 15 is 0 Å². The molecule has 0 bridgehead atoms. The lowest BCUT2D eigenvalue weighted by Crippen LogP contribution is -2.55. The molecule has 0 heterocycles. The van der Waals surface area contributed by atoms with Gasteiger partial charge in [0.15, 0.2) is 0 Å². The van der Waals surface area contributed by atoms with E-state index in [1.54, 1.807) is 6.92 Å². The van der Waals surface area contributed by atoms with Crippen LogP contribution in [0.1, 0.15) is 19.8 Å². The summed E-state index contributed by atoms with van der Waals surface area (Å²) in [6, 6.07) is 0. The van der Waals surface area contributed by atoms with Crippen LogP contribution in [0.15, 0.2) is 12.3 Å². The number of rotatable bonds is 5. The van der Waals surface area contributed by atoms with Crippen molar-refractivity contribution in [2.75, 3.05) is 0 Å². The molecule has 0 saturated carbocycles. The summed E-state index contributed by atoms with van der Waals surface area (Å²) in [4.78, 5) is 6.26. The quantitative estimate of drug-likeness (QED) is 0.325. The molecule has 0 unspecified atom stereocenters. The van der Waals surface area contributed by atoms with E-state index in [0.717, 1.165) is 6.08 Å². The first-order chi connectivity index (χ1) is 7.56. The van der Waals surface area contributed by atoms with Gasteiger partial charge in [0.2, 0.25) is 0 Å². The van der Waals surface area contributed by atoms with E-state index < -0.39 is 18.2 Å². The van der Waals surface area contributed by atoms with Crippen LogP contribution in [-0.2, 0) is 9.78 Å². The molecule has 0 aromatic heterocycles. The normalized spacial score (nSPS) is 14.4. The second-order valence-electron chi connectivity index (χ2n) is 2.93. The Hall–Kier alpha value is -0.990. The standard InChI is InChI=1S/C8H9F7O2/c1-2-3-4-5-16-17-6(9,7(10,11)12)8(13,14)15/h4-5H,2-3H2,1H3. The fraction of sp³-hybridized carbons (Fsp3) is 0.750. The van der Waals surface area contributed by atoms with Crippen LogP contribution in [0.4, 0.5) is 30.7 Å². The van der Waals surface area contributed by atoms with Crippen LogP contribution in [0.2, 0.25) is 0 Å². The van der Waals surface area contributed by atoms with Gasteiger partial charge >= 0.3 is 18.2 Å². The minimum absolute atomic E-state index is 0.334. The van der Waals surface area contributed by atoms with Crippen LogP contribution in [0.3, 0.4) is 0 Å². The first kappa shape index (κ1) is 16.0. The summed E-state index contributed by atoms with van der Waals surface area (Å²) < 4.78 is 83.8. The Balaban J connectivity index is 4.65. The third kappa shape index (κ3) is 4.06. The van der Waals surface area contributed by atoms with Gasteiger partial charge in [-0.2, -0.15) is 30.7 Å². The first-order valence-corrected chi connectivity index (χ1v) is 4.38. The monoisotopic (exact) mass is 270 g/mol. The van der Waals surface area contributed by atoms with Crippen molar-refractivity contribution in [1.82, 2.24) is 0 Å². The van der Waals surface area contributed by atoms with E-state index in [1.165, 1.54) is 0 Å². The average molecular weight is 270 g/mol. The highest BCUT2D eigenvalue weighted by molar-refractivity contribution is 4.84. The van der Waals surface area contributed by atoms with Gasteiger partial charge < -0.3 is 4.89 Å². The van der Waals surface area contributed by atoms with E-state index in [9.17, 15) is 30.7 Å². The SMILES string of the molecule is CCCC=COOC(F)(C(F)(F)F)C(F)(F)F. The Labute approximate surface area is 91.9 Å². The maximum atomic E-state index is 12.7. The maximum Gasteiger partial charge on any atom is 0.462 e. The second-order valence-corrected chi connectivity index (χ2v) is 2.93. The molecule has 0 aromatic carbocycles. The molecular weight excluding hydrogens is 261 g/mol. The summed E-state index contributed by atoms with van der Waals surface area (Å²) in [7, 11) is 0. The molecule has 0 spiro atoms. The molecule has 0 aliphatic carbocycles. The van der Waals surface area contributed by atoms with E-state index in [4.69, 9.17) is 0 Å². The van der Waals surface area contributed by atoms with Gasteiger partial charge in [0, 0.05) is 0 Å². The molecule has 0 aliphatic heterocycles. The smallest absolute Gasteiger partial charge is 0.342 e. The molecule has 0 atom stereocenters. The van der Waals surface area contributed by atoms with Crippen molar-refractivity contribution in [3.05, 3.63) is 12.3 Å². The molecule has 0 radical (unpaired) electrons. The topological polar surface area (TPSA) is 18.5 Å². The number of hydrogen-bond acceptors (Lipinski definition) is 2. The predicted octanol–water partition coefficient (Wildman–Crippen LogP) is 4.04. The summed E-state index contributed by atoms with van der Waals surface area (Å²) >= 11 is 0. The third-order valence-corrected chi connectivity index (χ3v) is 1.50. The van der Waals surface area contributed by atoms with Crippen LogP contribution < -0.4 is 0 Å². The number of unbranched alkanes of at least 4 members (excludes halogenated alkanes) is 1. The highest BCUT2D eigenvalue weighted by atomic mass is 19.4. The van der Waals surface area contributed by atoms with Crippen molar-refractivity contribution in [3.8, 4) is 0 Å². The molecule has 2 nitrogen and oxygen atoms in total. The Kier molecular flexibility index (Phi) is 5.24. The molecule has 102 valence electrons. The summed E-state index contributed by atoms with van der Waals surface area (Å²) in [5.74, 6) is -5.85. The molecule has 0 fully saturated rings. The number of allylic oxidation sites excluding steroid dienone is 1. The van der Waals surface area contributed by atoms with Gasteiger partial charge in [0.25, 0.3) is 0 Å². The molecule has 0 rings (SSSR count). The van der Waals surface area contributed by atoms with E-state index in [1.807, 2.05) is 0 Å². The Bertz CT molecular complexity index is 242.